The molecule has 0 aliphatic heterocycles. The highest BCUT2D eigenvalue weighted by atomic mass is 19.1. The van der Waals surface area contributed by atoms with E-state index in [0.29, 0.717) is 17.4 Å². The van der Waals surface area contributed by atoms with Crippen LogP contribution in [0, 0.1) is 5.82 Å². The van der Waals surface area contributed by atoms with Crippen molar-refractivity contribution in [1.82, 2.24) is 0 Å². The third-order valence-electron chi connectivity index (χ3n) is 3.06. The van der Waals surface area contributed by atoms with Crippen LogP contribution in [0.1, 0.15) is 20.7 Å². The molecule has 0 bridgehead atoms. The number of rotatable bonds is 4. The largest absolute Gasteiger partial charge is 0.495 e. The van der Waals surface area contributed by atoms with Crippen LogP contribution in [0.15, 0.2) is 36.4 Å². The van der Waals surface area contributed by atoms with E-state index in [1.807, 2.05) is 0 Å². The number of carbonyl (C=O) groups excluding carboxylic acids is 2. The highest BCUT2D eigenvalue weighted by Crippen LogP contribution is 2.34. The van der Waals surface area contributed by atoms with E-state index in [-0.39, 0.29) is 16.9 Å². The van der Waals surface area contributed by atoms with Crippen molar-refractivity contribution in [2.45, 2.75) is 0 Å². The zero-order valence-corrected chi connectivity index (χ0v) is 11.6. The van der Waals surface area contributed by atoms with Gasteiger partial charge < -0.3 is 9.47 Å². The molecule has 0 aromatic heterocycles. The second kappa shape index (κ2) is 6.17. The smallest absolute Gasteiger partial charge is 0.337 e. The lowest BCUT2D eigenvalue weighted by Crippen LogP contribution is -2.02. The molecule has 4 nitrogen and oxygen atoms in total. The Morgan fingerprint density at radius 1 is 1.14 bits per heavy atom. The summed E-state index contributed by atoms with van der Waals surface area (Å²) in [6, 6.07) is 8.85. The number of halogens is 1. The molecule has 0 N–H and O–H groups in total. The fourth-order valence-corrected chi connectivity index (χ4v) is 2.07. The van der Waals surface area contributed by atoms with Gasteiger partial charge in [-0.2, -0.15) is 0 Å². The van der Waals surface area contributed by atoms with Crippen LogP contribution < -0.4 is 4.74 Å². The summed E-state index contributed by atoms with van der Waals surface area (Å²) >= 11 is 0. The second-order valence-electron chi connectivity index (χ2n) is 4.23. The van der Waals surface area contributed by atoms with Crippen molar-refractivity contribution in [2.75, 3.05) is 14.2 Å². The molecule has 0 aliphatic rings. The highest BCUT2D eigenvalue weighted by Gasteiger charge is 2.16. The van der Waals surface area contributed by atoms with Crippen molar-refractivity contribution in [1.29, 1.82) is 0 Å². The van der Waals surface area contributed by atoms with Crippen molar-refractivity contribution >= 4 is 12.3 Å². The normalized spacial score (nSPS) is 10.0. The van der Waals surface area contributed by atoms with Crippen LogP contribution in [-0.4, -0.2) is 26.5 Å². The summed E-state index contributed by atoms with van der Waals surface area (Å²) in [4.78, 5) is 22.4. The predicted octanol–water partition coefficient (Wildman–Crippen LogP) is 3.10. The minimum atomic E-state index is -0.617. The van der Waals surface area contributed by atoms with Gasteiger partial charge in [0.25, 0.3) is 0 Å². The molecule has 2 aromatic rings. The van der Waals surface area contributed by atoms with Crippen molar-refractivity contribution in [2.24, 2.45) is 0 Å². The first-order chi connectivity index (χ1) is 10.1. The maximum atomic E-state index is 14.2. The maximum Gasteiger partial charge on any atom is 0.337 e. The van der Waals surface area contributed by atoms with E-state index in [4.69, 9.17) is 4.74 Å². The molecule has 0 saturated heterocycles. The first kappa shape index (κ1) is 14.7. The molecule has 0 heterocycles. The Balaban J connectivity index is 2.57. The Kier molecular flexibility index (Phi) is 4.33. The minimum absolute atomic E-state index is 0.115. The van der Waals surface area contributed by atoms with Crippen LogP contribution in [0.3, 0.4) is 0 Å². The maximum absolute atomic E-state index is 14.2. The topological polar surface area (TPSA) is 52.6 Å². The van der Waals surface area contributed by atoms with Crippen LogP contribution in [0.25, 0.3) is 11.1 Å². The quantitative estimate of drug-likeness (QED) is 0.641. The Labute approximate surface area is 121 Å². The van der Waals surface area contributed by atoms with Crippen LogP contribution in [0.2, 0.25) is 0 Å². The van der Waals surface area contributed by atoms with Gasteiger partial charge in [-0.05, 0) is 18.2 Å². The summed E-state index contributed by atoms with van der Waals surface area (Å²) in [6.07, 6.45) is 0.642. The van der Waals surface area contributed by atoms with Gasteiger partial charge in [0.05, 0.1) is 25.3 Å². The van der Waals surface area contributed by atoms with Crippen LogP contribution >= 0.6 is 0 Å². The lowest BCUT2D eigenvalue weighted by molar-refractivity contribution is 0.0600. The van der Waals surface area contributed by atoms with Crippen LogP contribution in [0.4, 0.5) is 4.39 Å². The summed E-state index contributed by atoms with van der Waals surface area (Å²) in [5.74, 6) is -0.925. The van der Waals surface area contributed by atoms with E-state index in [9.17, 15) is 14.0 Å². The molecule has 2 aromatic carbocycles. The van der Waals surface area contributed by atoms with Gasteiger partial charge in [-0.3, -0.25) is 4.79 Å². The van der Waals surface area contributed by atoms with E-state index >= 15 is 0 Å². The zero-order valence-electron chi connectivity index (χ0n) is 11.6. The first-order valence-corrected chi connectivity index (χ1v) is 6.12. The third kappa shape index (κ3) is 2.76. The van der Waals surface area contributed by atoms with E-state index in [1.54, 1.807) is 18.2 Å². The molecule has 5 heteroatoms. The Morgan fingerprint density at radius 3 is 2.48 bits per heavy atom. The zero-order chi connectivity index (χ0) is 15.4. The number of carbonyl (C=O) groups is 2. The molecule has 0 unspecified atom stereocenters. The number of benzene rings is 2. The third-order valence-corrected chi connectivity index (χ3v) is 3.06. The molecule has 0 aliphatic carbocycles. The van der Waals surface area contributed by atoms with Gasteiger partial charge in [-0.1, -0.05) is 18.2 Å². The number of esters is 1. The lowest BCUT2D eigenvalue weighted by Gasteiger charge is -2.12. The monoisotopic (exact) mass is 288 g/mol. The van der Waals surface area contributed by atoms with Gasteiger partial charge in [0.1, 0.15) is 11.6 Å². The molecule has 21 heavy (non-hydrogen) atoms. The molecule has 0 fully saturated rings. The van der Waals surface area contributed by atoms with Gasteiger partial charge in [0.15, 0.2) is 6.29 Å². The second-order valence-corrected chi connectivity index (χ2v) is 4.23. The number of methoxy groups -OCH3 is 2. The average Bonchev–Trinajstić information content (AvgIpc) is 2.53. The molecular weight excluding hydrogens is 275 g/mol. The first-order valence-electron chi connectivity index (χ1n) is 6.12. The van der Waals surface area contributed by atoms with E-state index in [2.05, 4.69) is 4.74 Å². The SMILES string of the molecule is COC(=O)c1ccc(-c2cccc(C=O)c2OC)c(F)c1. The number of hydrogen-bond donors (Lipinski definition) is 0. The summed E-state index contributed by atoms with van der Waals surface area (Å²) in [5, 5.41) is 0. The summed E-state index contributed by atoms with van der Waals surface area (Å²) in [7, 11) is 2.64. The van der Waals surface area contributed by atoms with E-state index in [1.165, 1.54) is 26.4 Å². The lowest BCUT2D eigenvalue weighted by atomic mass is 10.00. The van der Waals surface area contributed by atoms with Gasteiger partial charge in [0, 0.05) is 11.1 Å². The van der Waals surface area contributed by atoms with Crippen molar-refractivity contribution < 1.29 is 23.5 Å². The van der Waals surface area contributed by atoms with Gasteiger partial charge in [-0.15, -0.1) is 0 Å². The summed E-state index contributed by atoms with van der Waals surface area (Å²) in [6.45, 7) is 0. The minimum Gasteiger partial charge on any atom is -0.495 e. The fourth-order valence-electron chi connectivity index (χ4n) is 2.07. The standard InChI is InChI=1S/C16H13FO4/c1-20-15-11(9-18)4-3-5-13(15)12-7-6-10(8-14(12)17)16(19)21-2/h3-9H,1-2H3. The van der Waals surface area contributed by atoms with Crippen molar-refractivity contribution in [3.8, 4) is 16.9 Å². The molecule has 108 valence electrons. The Bertz CT molecular complexity index is 695. The number of aldehydes is 1. The van der Waals surface area contributed by atoms with Crippen molar-refractivity contribution in [3.63, 3.8) is 0 Å². The predicted molar refractivity (Wildman–Crippen MR) is 75.1 cm³/mol. The van der Waals surface area contributed by atoms with Crippen LogP contribution in [-0.2, 0) is 4.74 Å². The average molecular weight is 288 g/mol. The number of ether oxygens (including phenoxy) is 2. The van der Waals surface area contributed by atoms with E-state index < -0.39 is 11.8 Å². The molecule has 0 spiro atoms. The van der Waals surface area contributed by atoms with Gasteiger partial charge >= 0.3 is 5.97 Å². The van der Waals surface area contributed by atoms with Crippen molar-refractivity contribution in [3.05, 3.63) is 53.3 Å². The molecule has 0 radical (unpaired) electrons. The number of hydrogen-bond acceptors (Lipinski definition) is 4. The molecule has 2 rings (SSSR count). The molecule has 0 atom stereocenters. The Morgan fingerprint density at radius 2 is 1.90 bits per heavy atom. The molecular formula is C16H13FO4. The molecule has 0 amide bonds. The van der Waals surface area contributed by atoms with Gasteiger partial charge in [0.2, 0.25) is 0 Å². The van der Waals surface area contributed by atoms with Gasteiger partial charge in [-0.25, -0.2) is 9.18 Å². The highest BCUT2D eigenvalue weighted by molar-refractivity contribution is 5.91. The Hall–Kier alpha value is -2.69. The number of para-hydroxylation sites is 1. The van der Waals surface area contributed by atoms with E-state index in [0.717, 1.165) is 6.07 Å². The van der Waals surface area contributed by atoms with Crippen LogP contribution in [0.5, 0.6) is 5.75 Å². The summed E-state index contributed by atoms with van der Waals surface area (Å²) in [5.41, 5.74) is 1.12. The molecule has 0 saturated carbocycles. The summed E-state index contributed by atoms with van der Waals surface area (Å²) < 4.78 is 24.0. The fraction of sp³-hybridized carbons (Fsp3) is 0.125.